The summed E-state index contributed by atoms with van der Waals surface area (Å²) in [6, 6.07) is 16.6. The molecule has 0 amide bonds. The Hall–Kier alpha value is -4.37. The number of Topliss-reactive ketones (excluding diaryl/α,β-unsaturated/α-hetero) is 2. The van der Waals surface area contributed by atoms with Crippen LogP contribution in [0, 0.1) is 66.1 Å². The van der Waals surface area contributed by atoms with E-state index in [4.69, 9.17) is 4.74 Å². The van der Waals surface area contributed by atoms with E-state index in [0.29, 0.717) is 18.3 Å². The molecule has 2 aliphatic carbocycles. The van der Waals surface area contributed by atoms with Crippen LogP contribution < -0.4 is 4.74 Å². The lowest BCUT2D eigenvalue weighted by molar-refractivity contribution is -0.327. The number of aryl methyl sites for hydroxylation is 3. The van der Waals surface area contributed by atoms with Crippen LogP contribution in [0.3, 0.4) is 0 Å². The maximum Gasteiger partial charge on any atom is 0.507 e. The number of ketones is 2. The number of esters is 2. The minimum atomic E-state index is -5.24. The van der Waals surface area contributed by atoms with E-state index < -0.39 is 33.8 Å². The largest absolute Gasteiger partial charge is 0.507 e. The fourth-order valence-corrected chi connectivity index (χ4v) is 6.33. The van der Waals surface area contributed by atoms with Crippen LogP contribution in [-0.2, 0) is 59.1 Å². The van der Waals surface area contributed by atoms with Crippen LogP contribution in [-0.4, -0.2) is 125 Å². The first-order valence-corrected chi connectivity index (χ1v) is 34.0. The summed E-state index contributed by atoms with van der Waals surface area (Å²) in [5.41, 5.74) is 0.892. The number of halogens is 6. The first-order valence-electron chi connectivity index (χ1n) is 30.1. The molecule has 0 N–H and O–H groups in total. The molecule has 0 aromatic heterocycles. The van der Waals surface area contributed by atoms with Gasteiger partial charge in [-0.25, -0.2) is 13.2 Å². The molecule has 0 aliphatic heterocycles. The van der Waals surface area contributed by atoms with Crippen molar-refractivity contribution >= 4 is 51.3 Å². The lowest BCUT2D eigenvalue weighted by atomic mass is 9.84. The maximum atomic E-state index is 11.6. The van der Waals surface area contributed by atoms with Crippen LogP contribution in [0.2, 0.25) is 0 Å². The summed E-state index contributed by atoms with van der Waals surface area (Å²) in [5.74, 6) is 7.92. The summed E-state index contributed by atoms with van der Waals surface area (Å²) in [5, 5.41) is 0. The topological polar surface area (TPSA) is 175 Å². The number of methoxy groups -OCH3 is 6. The molecule has 4 unspecified atom stereocenters. The fraction of sp³-hybridized carbons (Fsp3) is 0.800. The number of hydrogen-bond donors (Lipinski definition) is 0. The number of sulfone groups is 1. The summed E-state index contributed by atoms with van der Waals surface area (Å²) in [6.07, 6.45) is 1.76. The van der Waals surface area contributed by atoms with Gasteiger partial charge >= 0.3 is 30.4 Å². The number of fused-ring (bicyclic) bond motifs is 1. The molecular formula is C85H196F6O13S2. The third kappa shape index (κ3) is 161. The van der Waals surface area contributed by atoms with Crippen LogP contribution in [0.5, 0.6) is 5.75 Å². The normalized spacial score (nSPS) is 13.6. The summed E-state index contributed by atoms with van der Waals surface area (Å²) in [4.78, 5) is 48.5. The lowest BCUT2D eigenvalue weighted by Crippen LogP contribution is -2.44. The van der Waals surface area contributed by atoms with Gasteiger partial charge in [0.2, 0.25) is 0 Å². The van der Waals surface area contributed by atoms with Crippen molar-refractivity contribution in [2.24, 2.45) is 52.3 Å². The van der Waals surface area contributed by atoms with Crippen molar-refractivity contribution < 1.29 is 87.2 Å². The molecule has 2 saturated carbocycles. The average Bonchev–Trinajstić information content (AvgIpc) is 1.53. The van der Waals surface area contributed by atoms with Gasteiger partial charge < -0.3 is 38.0 Å². The number of carbonyl (C=O) groups is 5. The van der Waals surface area contributed by atoms with E-state index in [-0.39, 0.29) is 156 Å². The second-order valence-corrected chi connectivity index (χ2v) is 27.3. The van der Waals surface area contributed by atoms with Crippen LogP contribution in [0.15, 0.2) is 48.5 Å². The Morgan fingerprint density at radius 1 is 0.481 bits per heavy atom. The van der Waals surface area contributed by atoms with E-state index in [9.17, 15) is 58.7 Å². The smallest absolute Gasteiger partial charge is 0.497 e. The van der Waals surface area contributed by atoms with E-state index in [1.165, 1.54) is 85.2 Å². The summed E-state index contributed by atoms with van der Waals surface area (Å²) in [6.45, 7) is 45.5. The average molecular weight is 1600 g/mol. The minimum absolute atomic E-state index is 0. The lowest BCUT2D eigenvalue weighted by Gasteiger charge is -2.29. The summed E-state index contributed by atoms with van der Waals surface area (Å²) < 4.78 is 115. The van der Waals surface area contributed by atoms with Gasteiger partial charge in [0, 0.05) is 46.5 Å². The van der Waals surface area contributed by atoms with E-state index in [0.717, 1.165) is 66.1 Å². The maximum absolute atomic E-state index is 11.6. The van der Waals surface area contributed by atoms with Crippen molar-refractivity contribution in [1.29, 1.82) is 0 Å². The Labute approximate surface area is 669 Å². The molecule has 4 rings (SSSR count). The second-order valence-electron chi connectivity index (χ2n) is 24.2. The Balaban J connectivity index is -0.0000000254. The Morgan fingerprint density at radius 3 is 0.764 bits per heavy atom. The van der Waals surface area contributed by atoms with Gasteiger partial charge in [0.15, 0.2) is 5.41 Å². The predicted octanol–water partition coefficient (Wildman–Crippen LogP) is 30.2. The van der Waals surface area contributed by atoms with Gasteiger partial charge in [0.1, 0.15) is 27.2 Å². The summed E-state index contributed by atoms with van der Waals surface area (Å²) in [7, 11) is 7.50. The molecule has 21 heteroatoms. The minimum Gasteiger partial charge on any atom is -0.497 e. The first kappa shape index (κ1) is 185. The molecule has 2 aromatic rings. The molecule has 2 aliphatic rings. The van der Waals surface area contributed by atoms with Crippen LogP contribution in [0.25, 0.3) is 0 Å². The van der Waals surface area contributed by atoms with Gasteiger partial charge in [-0.15, -0.1) is 0 Å². The fourth-order valence-electron chi connectivity index (χ4n) is 6.33. The molecule has 0 saturated heterocycles. The highest BCUT2D eigenvalue weighted by Gasteiger charge is 2.64. The van der Waals surface area contributed by atoms with Crippen LogP contribution in [0.1, 0.15) is 320 Å². The zero-order valence-electron chi connectivity index (χ0n) is 62.8. The number of rotatable bonds is 4. The third-order valence-electron chi connectivity index (χ3n) is 10.4. The molecule has 0 bridgehead atoms. The zero-order chi connectivity index (χ0) is 74.6. The van der Waals surface area contributed by atoms with Crippen molar-refractivity contribution in [1.82, 2.24) is 0 Å². The molecule has 0 spiro atoms. The van der Waals surface area contributed by atoms with Crippen molar-refractivity contribution in [3.05, 3.63) is 65.2 Å². The third-order valence-corrected chi connectivity index (χ3v) is 10.4. The van der Waals surface area contributed by atoms with Crippen molar-refractivity contribution in [3.63, 3.8) is 0 Å². The van der Waals surface area contributed by atoms with Crippen molar-refractivity contribution in [2.75, 3.05) is 74.8 Å². The van der Waals surface area contributed by atoms with E-state index in [1.807, 2.05) is 43.7 Å². The monoisotopic (exact) mass is 1600 g/mol. The second kappa shape index (κ2) is 112. The van der Waals surface area contributed by atoms with Crippen LogP contribution >= 0.6 is 11.8 Å². The van der Waals surface area contributed by atoms with E-state index >= 15 is 0 Å². The Bertz CT molecular complexity index is 1900. The molecule has 0 radical (unpaired) electrons. The molecule has 13 nitrogen and oxygen atoms in total. The highest BCUT2D eigenvalue weighted by Crippen LogP contribution is 2.55. The van der Waals surface area contributed by atoms with Gasteiger partial charge in [0.05, 0.1) is 35.5 Å². The highest BCUT2D eigenvalue weighted by molar-refractivity contribution is 7.97. The van der Waals surface area contributed by atoms with Gasteiger partial charge in [0.25, 0.3) is 0 Å². The number of carbonyl (C=O) groups excluding carboxylic acids is 5. The molecule has 2 aromatic carbocycles. The number of benzene rings is 2. The van der Waals surface area contributed by atoms with E-state index in [1.54, 1.807) is 46.9 Å². The Kier molecular flexibility index (Phi) is 194. The quantitative estimate of drug-likeness (QED) is 0.161. The molecular weight excluding hydrogens is 1410 g/mol. The van der Waals surface area contributed by atoms with Crippen molar-refractivity contribution in [2.45, 2.75) is 336 Å². The molecule has 668 valence electrons. The van der Waals surface area contributed by atoms with Gasteiger partial charge in [-0.3, -0.25) is 9.59 Å². The standard InChI is InChI=1S/C12H22.C9H12.C8H10O.C5H6F6.C5H12.C4H8O2.C4H8O.C4H10.C3H6O3.C3H6O2.C3H6O.C3H8.C2H6O2S.C2H6O.C2H6S.16CH4/c1-7-5-8(2)12-10(4)6-9(3)11(7)12;1-3-9-6-4-8(2)5-7-9;1-7-3-5-8(9-2)6-4-7;1-3(2,4(6,7)8)5(9,10)11;1-5(2,3)4;1-3-4(5)6-2;1-3-4(2)5;1-4(2)3;1-5-3(4)6-2;1-3(4)5-2;1-3(2)4;1-3-2;1-5(2,3)4;2*1-3-2;;;;;;;;;;;;;;;;/h7-12H,5-6H2,1-4H3;4-7H,3H2,1-2H3;3-6H,1-2H3;1-2H3;1-4H3;3H2,1-2H3;3H2,1-2H3;4H,1-3H3;1-2H3;1-2H3;1-2H3;3H2,1-2H3;1-2H3;2*1-2H3;16*1H4. The predicted molar refractivity (Wildman–Crippen MR) is 476 cm³/mol. The van der Waals surface area contributed by atoms with Crippen molar-refractivity contribution in [3.8, 4) is 5.75 Å². The molecule has 4 atom stereocenters. The molecule has 106 heavy (non-hydrogen) atoms. The van der Waals surface area contributed by atoms with Gasteiger partial charge in [-0.05, 0) is 145 Å². The molecule has 0 heterocycles. The summed E-state index contributed by atoms with van der Waals surface area (Å²) >= 11 is 1.75. The van der Waals surface area contributed by atoms with Gasteiger partial charge in [-0.1, -0.05) is 284 Å². The zero-order valence-corrected chi connectivity index (χ0v) is 64.4. The first-order chi connectivity index (χ1) is 40.6. The van der Waals surface area contributed by atoms with Crippen LogP contribution in [0.4, 0.5) is 31.1 Å². The Morgan fingerprint density at radius 2 is 0.670 bits per heavy atom. The highest BCUT2D eigenvalue weighted by atomic mass is 32.2. The number of ether oxygens (including phenoxy) is 6. The number of alkyl halides is 6. The van der Waals surface area contributed by atoms with Gasteiger partial charge in [-0.2, -0.15) is 38.1 Å². The van der Waals surface area contributed by atoms with E-state index in [2.05, 4.69) is 159 Å². The number of hydrogen-bond acceptors (Lipinski definition) is 14. The number of thioether (sulfide) groups is 1. The molecule has 2 fully saturated rings. The SMILES string of the molecule is C.C.C.C.C.C.C.C.C.C.C.C.C.C.C.C.CC(C)(C(F)(F)F)C(F)(F)F.CC(C)(C)C.CC(C)=O.CC(C)C.CC1CC(C)C2C(C)CC(C)C12.CCC.CCC(=O)OC.CCC(C)=O.CCc1ccc(C)cc1.COC.COC(=O)OC.COC(C)=O.COc1ccc(C)cc1.CS(C)(=O)=O.CSC.